The molecule has 0 heterocycles. The molecule has 0 spiro atoms. The van der Waals surface area contributed by atoms with E-state index in [4.69, 9.17) is 9.47 Å². The summed E-state index contributed by atoms with van der Waals surface area (Å²) in [5.41, 5.74) is 2.63. The van der Waals surface area contributed by atoms with Crippen LogP contribution in [0.25, 0.3) is 0 Å². The number of aryl methyl sites for hydroxylation is 1. The number of carbonyl (C=O) groups is 1. The lowest BCUT2D eigenvalue weighted by molar-refractivity contribution is 0.152. The van der Waals surface area contributed by atoms with Gasteiger partial charge in [0.25, 0.3) is 0 Å². The highest BCUT2D eigenvalue weighted by atomic mass is 16.7. The molecule has 3 nitrogen and oxygen atoms in total. The van der Waals surface area contributed by atoms with Crippen molar-refractivity contribution in [2.45, 2.75) is 53.4 Å². The maximum atomic E-state index is 11.9. The van der Waals surface area contributed by atoms with Crippen molar-refractivity contribution < 1.29 is 14.3 Å². The average molecular weight is 340 g/mol. The Bertz CT molecular complexity index is 704. The van der Waals surface area contributed by atoms with Crippen molar-refractivity contribution in [3.05, 3.63) is 59.7 Å². The highest BCUT2D eigenvalue weighted by molar-refractivity contribution is 5.67. The minimum Gasteiger partial charge on any atom is -0.395 e. The topological polar surface area (TPSA) is 35.5 Å². The highest BCUT2D eigenvalue weighted by Crippen LogP contribution is 2.36. The van der Waals surface area contributed by atoms with Crippen LogP contribution in [0.15, 0.2) is 48.5 Å². The number of carbonyl (C=O) groups excluding carboxylic acids is 1. The molecule has 0 fully saturated rings. The van der Waals surface area contributed by atoms with Crippen molar-refractivity contribution in [1.29, 1.82) is 0 Å². The van der Waals surface area contributed by atoms with Crippen LogP contribution in [0.2, 0.25) is 0 Å². The first-order valence-electron chi connectivity index (χ1n) is 8.62. The standard InChI is InChI=1S/C22H28O3/c1-16-7-11-18(12-8-16)24-20(23)25-19-13-9-17(10-14-19)22(5,6)15-21(2,3)4/h7-14H,15H2,1-6H3. The first-order chi connectivity index (χ1) is 11.5. The largest absolute Gasteiger partial charge is 0.519 e. The molecule has 2 rings (SSSR count). The van der Waals surface area contributed by atoms with Gasteiger partial charge in [0.15, 0.2) is 0 Å². The molecule has 25 heavy (non-hydrogen) atoms. The fourth-order valence-corrected chi connectivity index (χ4v) is 3.22. The number of hydrogen-bond donors (Lipinski definition) is 0. The zero-order valence-corrected chi connectivity index (χ0v) is 16.1. The van der Waals surface area contributed by atoms with E-state index in [9.17, 15) is 4.79 Å². The molecule has 2 aromatic rings. The van der Waals surface area contributed by atoms with E-state index in [0.717, 1.165) is 12.0 Å². The van der Waals surface area contributed by atoms with Gasteiger partial charge >= 0.3 is 6.16 Å². The second kappa shape index (κ2) is 7.30. The zero-order chi connectivity index (χ0) is 18.7. The van der Waals surface area contributed by atoms with E-state index in [1.54, 1.807) is 12.1 Å². The Balaban J connectivity index is 2.00. The van der Waals surface area contributed by atoms with Gasteiger partial charge in [0, 0.05) is 0 Å². The fourth-order valence-electron chi connectivity index (χ4n) is 3.22. The van der Waals surface area contributed by atoms with Crippen molar-refractivity contribution in [1.82, 2.24) is 0 Å². The fraction of sp³-hybridized carbons (Fsp3) is 0.409. The Morgan fingerprint density at radius 2 is 1.24 bits per heavy atom. The summed E-state index contributed by atoms with van der Waals surface area (Å²) in [7, 11) is 0. The summed E-state index contributed by atoms with van der Waals surface area (Å²) in [6, 6.07) is 14.9. The molecule has 0 radical (unpaired) electrons. The second-order valence-electron chi connectivity index (χ2n) is 8.41. The summed E-state index contributed by atoms with van der Waals surface area (Å²) >= 11 is 0. The van der Waals surface area contributed by atoms with Crippen molar-refractivity contribution in [3.8, 4) is 11.5 Å². The first-order valence-corrected chi connectivity index (χ1v) is 8.62. The van der Waals surface area contributed by atoms with Gasteiger partial charge in [-0.2, -0.15) is 0 Å². The van der Waals surface area contributed by atoms with Crippen molar-refractivity contribution in [2.75, 3.05) is 0 Å². The van der Waals surface area contributed by atoms with Gasteiger partial charge in [-0.05, 0) is 54.0 Å². The van der Waals surface area contributed by atoms with Crippen LogP contribution in [0.1, 0.15) is 52.2 Å². The van der Waals surface area contributed by atoms with Crippen LogP contribution < -0.4 is 9.47 Å². The van der Waals surface area contributed by atoms with E-state index in [2.05, 4.69) is 34.6 Å². The summed E-state index contributed by atoms with van der Waals surface area (Å²) in [5.74, 6) is 0.950. The maximum absolute atomic E-state index is 11.9. The van der Waals surface area contributed by atoms with E-state index in [1.165, 1.54) is 5.56 Å². The number of rotatable bonds is 4. The summed E-state index contributed by atoms with van der Waals surface area (Å²) in [6.07, 6.45) is 0.334. The molecule has 0 saturated carbocycles. The average Bonchev–Trinajstić information content (AvgIpc) is 2.48. The van der Waals surface area contributed by atoms with E-state index >= 15 is 0 Å². The summed E-state index contributed by atoms with van der Waals surface area (Å²) in [4.78, 5) is 11.9. The minimum atomic E-state index is -0.731. The monoisotopic (exact) mass is 340 g/mol. The SMILES string of the molecule is Cc1ccc(OC(=O)Oc2ccc(C(C)(C)CC(C)(C)C)cc2)cc1. The van der Waals surface area contributed by atoms with Gasteiger partial charge in [0.2, 0.25) is 0 Å². The van der Waals surface area contributed by atoms with Crippen LogP contribution in [-0.4, -0.2) is 6.16 Å². The van der Waals surface area contributed by atoms with Gasteiger partial charge in [0.05, 0.1) is 0 Å². The molecule has 2 aromatic carbocycles. The molecule has 0 aliphatic rings. The van der Waals surface area contributed by atoms with E-state index < -0.39 is 6.16 Å². The van der Waals surface area contributed by atoms with Gasteiger partial charge in [0.1, 0.15) is 11.5 Å². The molecule has 0 saturated heterocycles. The lowest BCUT2D eigenvalue weighted by Crippen LogP contribution is -2.24. The Labute approximate surface area is 151 Å². The Morgan fingerprint density at radius 1 is 0.800 bits per heavy atom. The minimum absolute atomic E-state index is 0.0547. The quantitative estimate of drug-likeness (QED) is 0.485. The van der Waals surface area contributed by atoms with Gasteiger partial charge in [-0.3, -0.25) is 0 Å². The van der Waals surface area contributed by atoms with Crippen LogP contribution >= 0.6 is 0 Å². The summed E-state index contributed by atoms with van der Waals surface area (Å²) in [5, 5.41) is 0. The van der Waals surface area contributed by atoms with Crippen molar-refractivity contribution in [2.24, 2.45) is 5.41 Å². The third-order valence-corrected chi connectivity index (χ3v) is 4.03. The lowest BCUT2D eigenvalue weighted by Gasteiger charge is -2.33. The summed E-state index contributed by atoms with van der Waals surface area (Å²) in [6.45, 7) is 13.2. The third-order valence-electron chi connectivity index (χ3n) is 4.03. The van der Waals surface area contributed by atoms with Crippen LogP contribution in [0.3, 0.4) is 0 Å². The van der Waals surface area contributed by atoms with Gasteiger partial charge in [-0.25, -0.2) is 4.79 Å². The van der Waals surface area contributed by atoms with Crippen molar-refractivity contribution >= 4 is 6.16 Å². The van der Waals surface area contributed by atoms with Gasteiger partial charge in [-0.1, -0.05) is 64.4 Å². The van der Waals surface area contributed by atoms with E-state index in [1.807, 2.05) is 43.3 Å². The zero-order valence-electron chi connectivity index (χ0n) is 16.1. The molecule has 0 aliphatic carbocycles. The Morgan fingerprint density at radius 3 is 1.68 bits per heavy atom. The Kier molecular flexibility index (Phi) is 5.56. The second-order valence-corrected chi connectivity index (χ2v) is 8.41. The van der Waals surface area contributed by atoms with Gasteiger partial charge < -0.3 is 9.47 Å². The van der Waals surface area contributed by atoms with Crippen molar-refractivity contribution in [3.63, 3.8) is 0 Å². The first kappa shape index (κ1) is 19.0. The van der Waals surface area contributed by atoms with Crippen LogP contribution in [-0.2, 0) is 5.41 Å². The predicted molar refractivity (Wildman–Crippen MR) is 101 cm³/mol. The van der Waals surface area contributed by atoms with Crippen LogP contribution in [0, 0.1) is 12.3 Å². The number of ether oxygens (including phenoxy) is 2. The Hall–Kier alpha value is -2.29. The predicted octanol–water partition coefficient (Wildman–Crippen LogP) is 6.29. The molecule has 0 amide bonds. The normalized spacial score (nSPS) is 11.9. The maximum Gasteiger partial charge on any atom is 0.519 e. The number of benzene rings is 2. The number of hydrogen-bond acceptors (Lipinski definition) is 3. The van der Waals surface area contributed by atoms with Crippen LogP contribution in [0.5, 0.6) is 11.5 Å². The molecule has 0 N–H and O–H groups in total. The molecule has 0 bridgehead atoms. The molecule has 3 heteroatoms. The molecular weight excluding hydrogens is 312 g/mol. The van der Waals surface area contributed by atoms with E-state index in [-0.39, 0.29) is 10.8 Å². The third kappa shape index (κ3) is 5.93. The molecule has 0 aliphatic heterocycles. The summed E-state index contributed by atoms with van der Waals surface area (Å²) < 4.78 is 10.4. The lowest BCUT2D eigenvalue weighted by atomic mass is 9.72. The molecule has 0 unspecified atom stereocenters. The van der Waals surface area contributed by atoms with Crippen LogP contribution in [0.4, 0.5) is 4.79 Å². The molecule has 0 aromatic heterocycles. The highest BCUT2D eigenvalue weighted by Gasteiger charge is 2.27. The smallest absolute Gasteiger partial charge is 0.395 e. The molecule has 134 valence electrons. The molecular formula is C22H28O3. The molecule has 0 atom stereocenters. The van der Waals surface area contributed by atoms with Gasteiger partial charge in [-0.15, -0.1) is 0 Å². The van der Waals surface area contributed by atoms with E-state index in [0.29, 0.717) is 11.5 Å².